The zero-order valence-corrected chi connectivity index (χ0v) is 4.29. The second-order valence-corrected chi connectivity index (χ2v) is 1.55. The van der Waals surface area contributed by atoms with Crippen molar-refractivity contribution in [3.05, 3.63) is 10.7 Å². The Labute approximate surface area is 45.1 Å². The Morgan fingerprint density at radius 2 is 2.57 bits per heavy atom. The van der Waals surface area contributed by atoms with Gasteiger partial charge in [0.1, 0.15) is 4.64 Å². The maximum atomic E-state index is 5.11. The number of nitrogen functional groups attached to an aromatic ring is 1. The molecule has 0 aromatic carbocycles. The van der Waals surface area contributed by atoms with Crippen LogP contribution < -0.4 is 5.73 Å². The molecule has 4 heteroatoms. The van der Waals surface area contributed by atoms with Crippen LogP contribution in [-0.2, 0) is 0 Å². The highest BCUT2D eigenvalue weighted by atomic mass is 32.1. The van der Waals surface area contributed by atoms with E-state index in [1.54, 1.807) is 0 Å². The zero-order valence-electron chi connectivity index (χ0n) is 3.47. The van der Waals surface area contributed by atoms with Gasteiger partial charge < -0.3 is 10.3 Å². The van der Waals surface area contributed by atoms with Gasteiger partial charge in [-0.25, -0.2) is 5.16 Å². The highest BCUT2D eigenvalue weighted by Gasteiger charge is 1.82. The molecule has 0 radical (unpaired) electrons. The first kappa shape index (κ1) is 4.39. The maximum absolute atomic E-state index is 5.11. The van der Waals surface area contributed by atoms with E-state index < -0.39 is 0 Å². The molecule has 0 saturated carbocycles. The Bertz CT molecular complexity index is 201. The molecule has 1 heterocycles. The Morgan fingerprint density at radius 3 is 2.71 bits per heavy atom. The predicted octanol–water partition coefficient (Wildman–Crippen LogP) is 0.919. The lowest BCUT2D eigenvalue weighted by Crippen LogP contribution is -1.75. The first-order chi connectivity index (χ1) is 3.29. The van der Waals surface area contributed by atoms with Crippen LogP contribution in [0.3, 0.4) is 0 Å². The fourth-order valence-corrected chi connectivity index (χ4v) is 0.455. The average molecular weight is 116 g/mol. The molecule has 0 fully saturated rings. The molecule has 0 atom stereocenters. The maximum Gasteiger partial charge on any atom is 0.220 e. The van der Waals surface area contributed by atoms with Crippen LogP contribution in [0.5, 0.6) is 0 Å². The van der Waals surface area contributed by atoms with Crippen molar-refractivity contribution in [3.63, 3.8) is 0 Å². The van der Waals surface area contributed by atoms with Gasteiger partial charge in [0.25, 0.3) is 0 Å². The lowest BCUT2D eigenvalue weighted by atomic mass is 10.7. The molecule has 3 nitrogen and oxygen atoms in total. The largest absolute Gasteiger partial charge is 0.368 e. The summed E-state index contributed by atoms with van der Waals surface area (Å²) in [6.45, 7) is 0. The summed E-state index contributed by atoms with van der Waals surface area (Å²) in [5.74, 6) is 0.324. The Morgan fingerprint density at radius 1 is 1.86 bits per heavy atom. The minimum atomic E-state index is 0.324. The van der Waals surface area contributed by atoms with Crippen LogP contribution in [0.15, 0.2) is 10.6 Å². The number of hydrogen-bond donors (Lipinski definition) is 2. The molecule has 0 amide bonds. The number of aromatic amines is 1. The third-order valence-electron chi connectivity index (χ3n) is 0.543. The summed E-state index contributed by atoms with van der Waals surface area (Å²) in [5, 5.41) is 2.38. The van der Waals surface area contributed by atoms with Gasteiger partial charge in [0, 0.05) is 6.07 Å². The molecule has 0 spiro atoms. The van der Waals surface area contributed by atoms with Crippen molar-refractivity contribution < 1.29 is 4.52 Å². The Hall–Kier alpha value is -0.770. The second-order valence-electron chi connectivity index (χ2n) is 1.12. The minimum Gasteiger partial charge on any atom is -0.368 e. The molecule has 38 valence electrons. The van der Waals surface area contributed by atoms with Gasteiger partial charge in [-0.1, -0.05) is 12.2 Å². The molecule has 0 aliphatic carbocycles. The van der Waals surface area contributed by atoms with Crippen molar-refractivity contribution in [3.8, 4) is 0 Å². The van der Waals surface area contributed by atoms with Crippen LogP contribution in [0, 0.1) is 4.64 Å². The molecule has 7 heavy (non-hydrogen) atoms. The number of aromatic nitrogens is 1. The van der Waals surface area contributed by atoms with Gasteiger partial charge >= 0.3 is 0 Å². The van der Waals surface area contributed by atoms with E-state index in [2.05, 4.69) is 21.9 Å². The van der Waals surface area contributed by atoms with Gasteiger partial charge in [0.15, 0.2) is 0 Å². The number of H-pyrrole nitrogens is 1. The zero-order chi connectivity index (χ0) is 5.28. The molecular weight excluding hydrogens is 112 g/mol. The van der Waals surface area contributed by atoms with E-state index in [0.29, 0.717) is 10.5 Å². The summed E-state index contributed by atoms with van der Waals surface area (Å²) in [6, 6.07) is 1.54. The SMILES string of the molecule is Nc1cc(=S)[nH]o1. The number of nitrogens with one attached hydrogen (secondary N) is 1. The molecular formula is C3H4N2OS. The molecule has 0 aliphatic heterocycles. The summed E-state index contributed by atoms with van der Waals surface area (Å²) >= 11 is 4.60. The molecule has 1 rings (SSSR count). The molecule has 0 aliphatic rings. The van der Waals surface area contributed by atoms with Crippen molar-refractivity contribution >= 4 is 18.1 Å². The topological polar surface area (TPSA) is 55.0 Å². The first-order valence-corrected chi connectivity index (χ1v) is 2.14. The van der Waals surface area contributed by atoms with E-state index in [4.69, 9.17) is 5.73 Å². The van der Waals surface area contributed by atoms with Gasteiger partial charge in [-0.05, 0) is 0 Å². The van der Waals surface area contributed by atoms with Crippen LogP contribution in [0.25, 0.3) is 0 Å². The minimum absolute atomic E-state index is 0.324. The number of nitrogens with two attached hydrogens (primary N) is 1. The van der Waals surface area contributed by atoms with Gasteiger partial charge in [0.2, 0.25) is 5.88 Å². The van der Waals surface area contributed by atoms with Crippen LogP contribution in [0.1, 0.15) is 0 Å². The highest BCUT2D eigenvalue weighted by molar-refractivity contribution is 7.71. The van der Waals surface area contributed by atoms with Gasteiger partial charge in [-0.15, -0.1) is 0 Å². The van der Waals surface area contributed by atoms with Crippen molar-refractivity contribution in [2.75, 3.05) is 5.73 Å². The normalized spacial score (nSPS) is 9.14. The third-order valence-corrected chi connectivity index (χ3v) is 0.744. The quantitative estimate of drug-likeness (QED) is 0.495. The Kier molecular flexibility index (Phi) is 0.867. The smallest absolute Gasteiger partial charge is 0.220 e. The summed E-state index contributed by atoms with van der Waals surface area (Å²) < 4.78 is 5.04. The average Bonchev–Trinajstić information content (AvgIpc) is 1.87. The van der Waals surface area contributed by atoms with Gasteiger partial charge in [-0.3, -0.25) is 0 Å². The van der Waals surface area contributed by atoms with E-state index in [-0.39, 0.29) is 0 Å². The molecule has 0 bridgehead atoms. The van der Waals surface area contributed by atoms with Crippen LogP contribution in [0.4, 0.5) is 5.88 Å². The first-order valence-electron chi connectivity index (χ1n) is 1.73. The van der Waals surface area contributed by atoms with Crippen molar-refractivity contribution in [2.45, 2.75) is 0 Å². The third kappa shape index (κ3) is 0.806. The monoisotopic (exact) mass is 116 g/mol. The van der Waals surface area contributed by atoms with Gasteiger partial charge in [-0.2, -0.15) is 0 Å². The standard InChI is InChI=1S/C3H4N2OS/c4-2-1-3(7)5-6-2/h1H,4H2,(H,5,7). The van der Waals surface area contributed by atoms with Gasteiger partial charge in [0.05, 0.1) is 0 Å². The van der Waals surface area contributed by atoms with E-state index >= 15 is 0 Å². The van der Waals surface area contributed by atoms with E-state index in [0.717, 1.165) is 0 Å². The molecule has 1 aromatic rings. The predicted molar refractivity (Wildman–Crippen MR) is 28.3 cm³/mol. The number of anilines is 1. The summed E-state index contributed by atoms with van der Waals surface area (Å²) in [7, 11) is 0. The summed E-state index contributed by atoms with van der Waals surface area (Å²) in [5.41, 5.74) is 5.11. The summed E-state index contributed by atoms with van der Waals surface area (Å²) in [4.78, 5) is 0. The lowest BCUT2D eigenvalue weighted by molar-refractivity contribution is 0.434. The van der Waals surface area contributed by atoms with E-state index in [1.807, 2.05) is 0 Å². The number of hydrogen-bond acceptors (Lipinski definition) is 3. The number of rotatable bonds is 0. The highest BCUT2D eigenvalue weighted by Crippen LogP contribution is 1.96. The van der Waals surface area contributed by atoms with Crippen molar-refractivity contribution in [1.82, 2.24) is 5.16 Å². The lowest BCUT2D eigenvalue weighted by Gasteiger charge is -1.69. The van der Waals surface area contributed by atoms with E-state index in [1.165, 1.54) is 6.07 Å². The summed E-state index contributed by atoms with van der Waals surface area (Å²) in [6.07, 6.45) is 0. The molecule has 0 unspecified atom stereocenters. The molecule has 1 aromatic heterocycles. The fraction of sp³-hybridized carbons (Fsp3) is 0. The second kappa shape index (κ2) is 1.38. The van der Waals surface area contributed by atoms with Crippen molar-refractivity contribution in [2.24, 2.45) is 0 Å². The Balaban J connectivity index is 3.30. The molecule has 3 N–H and O–H groups in total. The fourth-order valence-electron chi connectivity index (χ4n) is 0.297. The van der Waals surface area contributed by atoms with Crippen LogP contribution in [-0.4, -0.2) is 5.16 Å². The van der Waals surface area contributed by atoms with Crippen molar-refractivity contribution in [1.29, 1.82) is 0 Å². The van der Waals surface area contributed by atoms with Crippen LogP contribution in [0.2, 0.25) is 0 Å². The van der Waals surface area contributed by atoms with Crippen LogP contribution >= 0.6 is 12.2 Å². The molecule has 0 saturated heterocycles. The van der Waals surface area contributed by atoms with E-state index in [9.17, 15) is 0 Å².